The zero-order valence-corrected chi connectivity index (χ0v) is 11.4. The number of primary amides is 1. The molecule has 2 aliphatic rings. The molecule has 1 aliphatic heterocycles. The molecule has 2 fully saturated rings. The summed E-state index contributed by atoms with van der Waals surface area (Å²) in [6.45, 7) is 2.84. The third-order valence-corrected chi connectivity index (χ3v) is 4.30. The van der Waals surface area contributed by atoms with E-state index in [-0.39, 0.29) is 17.6 Å². The van der Waals surface area contributed by atoms with Gasteiger partial charge in [0.1, 0.15) is 0 Å². The largest absolute Gasteiger partial charge is 0.370 e. The zero-order valence-electron chi connectivity index (χ0n) is 11.4. The molecule has 104 valence electrons. The average Bonchev–Trinajstić information content (AvgIpc) is 2.70. The minimum Gasteiger partial charge on any atom is -0.370 e. The van der Waals surface area contributed by atoms with Crippen molar-refractivity contribution in [1.82, 2.24) is 5.32 Å². The van der Waals surface area contributed by atoms with Crippen molar-refractivity contribution in [1.29, 1.82) is 0 Å². The molecular weight excluding hydrogens is 228 g/mol. The van der Waals surface area contributed by atoms with Crippen LogP contribution in [0.25, 0.3) is 0 Å². The molecule has 0 bridgehead atoms. The number of nitrogens with one attached hydrogen (secondary N) is 1. The van der Waals surface area contributed by atoms with Gasteiger partial charge in [0.25, 0.3) is 0 Å². The van der Waals surface area contributed by atoms with Crippen molar-refractivity contribution in [3.05, 3.63) is 0 Å². The third-order valence-electron chi connectivity index (χ3n) is 4.30. The monoisotopic (exact) mass is 254 g/mol. The van der Waals surface area contributed by atoms with E-state index >= 15 is 0 Å². The Morgan fingerprint density at radius 2 is 2.11 bits per heavy atom. The van der Waals surface area contributed by atoms with Crippen LogP contribution in [0.3, 0.4) is 0 Å². The van der Waals surface area contributed by atoms with E-state index in [0.717, 1.165) is 13.0 Å². The van der Waals surface area contributed by atoms with Crippen LogP contribution in [0.5, 0.6) is 0 Å². The van der Waals surface area contributed by atoms with Crippen molar-refractivity contribution in [2.45, 2.75) is 76.0 Å². The van der Waals surface area contributed by atoms with E-state index in [4.69, 9.17) is 10.5 Å². The zero-order chi connectivity index (χ0) is 13.0. The fraction of sp³-hybridized carbons (Fsp3) is 0.929. The Kier molecular flexibility index (Phi) is 4.62. The Hall–Kier alpha value is -0.610. The Bertz CT molecular complexity index is 288. The summed E-state index contributed by atoms with van der Waals surface area (Å²) in [5, 5.41) is 3.35. The summed E-state index contributed by atoms with van der Waals surface area (Å²) >= 11 is 0. The highest BCUT2D eigenvalue weighted by molar-refractivity contribution is 5.74. The van der Waals surface area contributed by atoms with Crippen LogP contribution in [0.2, 0.25) is 0 Å². The number of amides is 1. The maximum absolute atomic E-state index is 10.8. The van der Waals surface area contributed by atoms with E-state index < -0.39 is 0 Å². The van der Waals surface area contributed by atoms with Gasteiger partial charge in [-0.2, -0.15) is 0 Å². The van der Waals surface area contributed by atoms with Crippen LogP contribution in [0.15, 0.2) is 0 Å². The molecule has 1 spiro atoms. The molecule has 2 unspecified atom stereocenters. The van der Waals surface area contributed by atoms with Crippen molar-refractivity contribution < 1.29 is 9.53 Å². The normalized spacial score (nSPS) is 28.4. The van der Waals surface area contributed by atoms with Gasteiger partial charge in [-0.25, -0.2) is 0 Å². The van der Waals surface area contributed by atoms with Crippen LogP contribution in [0.4, 0.5) is 0 Å². The second-order valence-electron chi connectivity index (χ2n) is 6.00. The van der Waals surface area contributed by atoms with E-state index in [0.29, 0.717) is 12.5 Å². The lowest BCUT2D eigenvalue weighted by Gasteiger charge is -2.33. The smallest absolute Gasteiger partial charge is 0.218 e. The lowest BCUT2D eigenvalue weighted by Crippen LogP contribution is -2.38. The van der Waals surface area contributed by atoms with Gasteiger partial charge in [-0.1, -0.05) is 19.3 Å². The molecular formula is C14H26N2O2. The molecule has 3 N–H and O–H groups in total. The fourth-order valence-corrected chi connectivity index (χ4v) is 3.31. The van der Waals surface area contributed by atoms with Crippen molar-refractivity contribution in [2.24, 2.45) is 5.73 Å². The number of hydrogen-bond acceptors (Lipinski definition) is 3. The van der Waals surface area contributed by atoms with E-state index in [9.17, 15) is 4.79 Å². The van der Waals surface area contributed by atoms with E-state index in [2.05, 4.69) is 5.32 Å². The number of carbonyl (C=O) groups excluding carboxylic acids is 1. The average molecular weight is 254 g/mol. The number of nitrogens with two attached hydrogens (primary N) is 1. The third kappa shape index (κ3) is 3.69. The quantitative estimate of drug-likeness (QED) is 0.785. The van der Waals surface area contributed by atoms with Gasteiger partial charge in [0.05, 0.1) is 11.7 Å². The van der Waals surface area contributed by atoms with E-state index in [1.165, 1.54) is 38.5 Å². The number of ether oxygens (including phenoxy) is 1. The molecule has 0 aromatic rings. The fourth-order valence-electron chi connectivity index (χ4n) is 3.31. The molecule has 0 aromatic carbocycles. The van der Waals surface area contributed by atoms with Gasteiger partial charge in [-0.05, 0) is 32.6 Å². The Balaban J connectivity index is 1.70. The first kappa shape index (κ1) is 13.8. The minimum absolute atomic E-state index is 0.147. The number of carbonyl (C=O) groups is 1. The lowest BCUT2D eigenvalue weighted by molar-refractivity contribution is -0.118. The first-order valence-electron chi connectivity index (χ1n) is 7.29. The summed E-state index contributed by atoms with van der Waals surface area (Å²) in [7, 11) is 0. The summed E-state index contributed by atoms with van der Waals surface area (Å²) < 4.78 is 6.27. The van der Waals surface area contributed by atoms with Crippen molar-refractivity contribution in [2.75, 3.05) is 6.54 Å². The SMILES string of the molecule is CC(CC(N)=O)NCC1CCC2(CCCCC2)O1. The van der Waals surface area contributed by atoms with Crippen LogP contribution in [-0.4, -0.2) is 30.2 Å². The molecule has 18 heavy (non-hydrogen) atoms. The first-order chi connectivity index (χ1) is 8.60. The Labute approximate surface area is 110 Å². The van der Waals surface area contributed by atoms with Gasteiger partial charge >= 0.3 is 0 Å². The predicted molar refractivity (Wildman–Crippen MR) is 71.2 cm³/mol. The molecule has 4 nitrogen and oxygen atoms in total. The number of hydrogen-bond donors (Lipinski definition) is 2. The lowest BCUT2D eigenvalue weighted by atomic mass is 9.83. The van der Waals surface area contributed by atoms with Crippen molar-refractivity contribution in [3.63, 3.8) is 0 Å². The summed E-state index contributed by atoms with van der Waals surface area (Å²) in [4.78, 5) is 10.8. The first-order valence-corrected chi connectivity index (χ1v) is 7.29. The van der Waals surface area contributed by atoms with Gasteiger partial charge in [0.2, 0.25) is 5.91 Å². The molecule has 1 saturated carbocycles. The van der Waals surface area contributed by atoms with E-state index in [1.54, 1.807) is 0 Å². The Morgan fingerprint density at radius 1 is 1.39 bits per heavy atom. The molecule has 1 saturated heterocycles. The highest BCUT2D eigenvalue weighted by atomic mass is 16.5. The molecule has 2 rings (SSSR count). The molecule has 2 atom stereocenters. The van der Waals surface area contributed by atoms with Crippen molar-refractivity contribution >= 4 is 5.91 Å². The summed E-state index contributed by atoms with van der Waals surface area (Å²) in [6, 6.07) is 0.147. The summed E-state index contributed by atoms with van der Waals surface area (Å²) in [6.07, 6.45) is 9.55. The minimum atomic E-state index is -0.244. The van der Waals surface area contributed by atoms with Crippen LogP contribution in [-0.2, 0) is 9.53 Å². The van der Waals surface area contributed by atoms with Crippen LogP contribution < -0.4 is 11.1 Å². The molecule has 1 aliphatic carbocycles. The van der Waals surface area contributed by atoms with Crippen LogP contribution in [0.1, 0.15) is 58.3 Å². The molecule has 1 heterocycles. The van der Waals surface area contributed by atoms with Gasteiger partial charge in [0, 0.05) is 19.0 Å². The van der Waals surface area contributed by atoms with Gasteiger partial charge in [0.15, 0.2) is 0 Å². The topological polar surface area (TPSA) is 64.4 Å². The number of rotatable bonds is 5. The molecule has 1 amide bonds. The molecule has 0 radical (unpaired) electrons. The van der Waals surface area contributed by atoms with Gasteiger partial charge in [-0.15, -0.1) is 0 Å². The van der Waals surface area contributed by atoms with E-state index in [1.807, 2.05) is 6.92 Å². The summed E-state index contributed by atoms with van der Waals surface area (Å²) in [5.41, 5.74) is 5.37. The highest BCUT2D eigenvalue weighted by Crippen LogP contribution is 2.41. The second kappa shape index (κ2) is 6.02. The van der Waals surface area contributed by atoms with Crippen LogP contribution >= 0.6 is 0 Å². The van der Waals surface area contributed by atoms with Crippen LogP contribution in [0, 0.1) is 0 Å². The second-order valence-corrected chi connectivity index (χ2v) is 6.00. The molecule has 4 heteroatoms. The maximum Gasteiger partial charge on any atom is 0.218 e. The maximum atomic E-state index is 10.8. The summed E-state index contributed by atoms with van der Waals surface area (Å²) in [5.74, 6) is -0.244. The molecule has 0 aromatic heterocycles. The predicted octanol–water partition coefficient (Wildman–Crippen LogP) is 1.72. The Morgan fingerprint density at radius 3 is 2.78 bits per heavy atom. The van der Waals surface area contributed by atoms with Gasteiger partial charge in [-0.3, -0.25) is 4.79 Å². The highest BCUT2D eigenvalue weighted by Gasteiger charge is 2.40. The van der Waals surface area contributed by atoms with Crippen molar-refractivity contribution in [3.8, 4) is 0 Å². The standard InChI is InChI=1S/C14H26N2O2/c1-11(9-13(15)17)16-10-12-5-8-14(18-12)6-3-2-4-7-14/h11-12,16H,2-10H2,1H3,(H2,15,17). The van der Waals surface area contributed by atoms with Gasteiger partial charge < -0.3 is 15.8 Å².